The van der Waals surface area contributed by atoms with Gasteiger partial charge in [0.1, 0.15) is 0 Å². The number of nitrogens with one attached hydrogen (secondary N) is 2. The summed E-state index contributed by atoms with van der Waals surface area (Å²) in [5.41, 5.74) is 2.13. The van der Waals surface area contributed by atoms with Gasteiger partial charge in [-0.05, 0) is 31.2 Å². The number of para-hydroxylation sites is 2. The molecule has 0 bridgehead atoms. The molecule has 0 radical (unpaired) electrons. The number of anilines is 4. The molecule has 0 saturated carbocycles. The van der Waals surface area contributed by atoms with Crippen molar-refractivity contribution in [2.24, 2.45) is 0 Å². The van der Waals surface area contributed by atoms with Crippen molar-refractivity contribution in [2.75, 3.05) is 10.6 Å². The highest BCUT2D eigenvalue weighted by Crippen LogP contribution is 2.26. The molecule has 2 aromatic carbocycles. The third-order valence-corrected chi connectivity index (χ3v) is 3.83. The van der Waals surface area contributed by atoms with Gasteiger partial charge in [0, 0.05) is 6.07 Å². The maximum atomic E-state index is 11.4. The molecule has 0 atom stereocenters. The molecule has 3 aromatic rings. The van der Waals surface area contributed by atoms with Crippen molar-refractivity contribution in [3.05, 3.63) is 71.4 Å². The molecule has 0 aliphatic heterocycles. The maximum Gasteiger partial charge on any atom is 0.337 e. The monoisotopic (exact) mass is 364 g/mol. The van der Waals surface area contributed by atoms with E-state index in [1.807, 2.05) is 0 Å². The number of carbonyl (C=O) groups is 2. The number of carboxylic acids is 2. The van der Waals surface area contributed by atoms with Crippen LogP contribution in [0.1, 0.15) is 26.4 Å². The third-order valence-electron chi connectivity index (χ3n) is 3.83. The Labute approximate surface area is 154 Å². The fourth-order valence-corrected chi connectivity index (χ4v) is 2.48. The van der Waals surface area contributed by atoms with Crippen molar-refractivity contribution in [3.8, 4) is 0 Å². The Morgan fingerprint density at radius 3 is 1.85 bits per heavy atom. The molecule has 3 rings (SSSR count). The van der Waals surface area contributed by atoms with Gasteiger partial charge in [-0.3, -0.25) is 0 Å². The Hall–Kier alpha value is -3.94. The van der Waals surface area contributed by atoms with Crippen LogP contribution in [0.25, 0.3) is 0 Å². The van der Waals surface area contributed by atoms with Crippen molar-refractivity contribution in [1.82, 2.24) is 10.2 Å². The Morgan fingerprint density at radius 1 is 0.778 bits per heavy atom. The molecule has 27 heavy (non-hydrogen) atoms. The molecule has 0 spiro atoms. The minimum Gasteiger partial charge on any atom is -0.478 e. The molecule has 8 heteroatoms. The van der Waals surface area contributed by atoms with E-state index in [0.717, 1.165) is 0 Å². The highest BCUT2D eigenvalue weighted by atomic mass is 16.4. The zero-order valence-electron chi connectivity index (χ0n) is 14.3. The fourth-order valence-electron chi connectivity index (χ4n) is 2.48. The molecule has 0 amide bonds. The second kappa shape index (κ2) is 7.52. The molecule has 136 valence electrons. The lowest BCUT2D eigenvalue weighted by molar-refractivity contribution is 0.0687. The summed E-state index contributed by atoms with van der Waals surface area (Å²) in [6.45, 7) is 1.73. The van der Waals surface area contributed by atoms with Gasteiger partial charge in [0.05, 0.1) is 33.9 Å². The molecule has 0 saturated heterocycles. The van der Waals surface area contributed by atoms with Crippen LogP contribution in [0.3, 0.4) is 0 Å². The molecular formula is C19H16N4O4. The Morgan fingerprint density at radius 2 is 1.30 bits per heavy atom. The first-order chi connectivity index (χ1) is 13.0. The predicted octanol–water partition coefficient (Wildman–Crippen LogP) is 3.67. The Kier molecular flexibility index (Phi) is 4.98. The zero-order chi connectivity index (χ0) is 19.4. The van der Waals surface area contributed by atoms with Crippen LogP contribution >= 0.6 is 0 Å². The van der Waals surface area contributed by atoms with Crippen LogP contribution in [0.15, 0.2) is 54.6 Å². The number of hydrogen-bond donors (Lipinski definition) is 4. The Bertz CT molecular complexity index is 1020. The number of carboxylic acid groups (broad SMARTS) is 2. The number of aryl methyl sites for hydroxylation is 1. The molecule has 0 fully saturated rings. The van der Waals surface area contributed by atoms with Crippen molar-refractivity contribution in [2.45, 2.75) is 6.92 Å². The summed E-state index contributed by atoms with van der Waals surface area (Å²) in [4.78, 5) is 22.7. The average Bonchev–Trinajstić information content (AvgIpc) is 2.65. The van der Waals surface area contributed by atoms with Crippen LogP contribution < -0.4 is 10.6 Å². The first-order valence-electron chi connectivity index (χ1n) is 7.98. The second-order valence-electron chi connectivity index (χ2n) is 5.68. The van der Waals surface area contributed by atoms with Crippen LogP contribution in [-0.2, 0) is 0 Å². The molecule has 0 unspecified atom stereocenters. The standard InChI is InChI=1S/C19H16N4O4/c1-11-16(20-14-8-4-2-6-12(14)18(24)25)10-17(23-22-11)21-15-9-5-3-7-13(15)19(26)27/h2-10H,1H3,(H,24,25)(H,26,27)(H2,20,21,23). The summed E-state index contributed by atoms with van der Waals surface area (Å²) in [5.74, 6) is -1.79. The van der Waals surface area contributed by atoms with E-state index in [1.165, 1.54) is 12.1 Å². The SMILES string of the molecule is Cc1nnc(Nc2ccccc2C(=O)O)cc1Nc1ccccc1C(=O)O. The zero-order valence-corrected chi connectivity index (χ0v) is 14.3. The highest BCUT2D eigenvalue weighted by Gasteiger charge is 2.13. The van der Waals surface area contributed by atoms with Gasteiger partial charge in [-0.2, -0.15) is 5.10 Å². The minimum atomic E-state index is -1.06. The summed E-state index contributed by atoms with van der Waals surface area (Å²) in [5, 5.41) is 32.6. The van der Waals surface area contributed by atoms with Crippen molar-refractivity contribution in [3.63, 3.8) is 0 Å². The van der Waals surface area contributed by atoms with Crippen LogP contribution in [0.4, 0.5) is 22.9 Å². The van der Waals surface area contributed by atoms with E-state index >= 15 is 0 Å². The van der Waals surface area contributed by atoms with E-state index < -0.39 is 11.9 Å². The number of rotatable bonds is 6. The fraction of sp³-hybridized carbons (Fsp3) is 0.0526. The molecule has 4 N–H and O–H groups in total. The topological polar surface area (TPSA) is 124 Å². The van der Waals surface area contributed by atoms with E-state index in [0.29, 0.717) is 28.6 Å². The summed E-state index contributed by atoms with van der Waals surface area (Å²) in [6.07, 6.45) is 0. The van der Waals surface area contributed by atoms with Crippen LogP contribution in [0, 0.1) is 6.92 Å². The number of nitrogens with zero attached hydrogens (tertiary/aromatic N) is 2. The van der Waals surface area contributed by atoms with Crippen LogP contribution in [0.2, 0.25) is 0 Å². The first kappa shape index (κ1) is 17.9. The van der Waals surface area contributed by atoms with Gasteiger partial charge in [0.2, 0.25) is 0 Å². The maximum absolute atomic E-state index is 11.4. The van der Waals surface area contributed by atoms with Crippen molar-refractivity contribution in [1.29, 1.82) is 0 Å². The summed E-state index contributed by atoms with van der Waals surface area (Å²) in [6, 6.07) is 14.6. The molecule has 1 aromatic heterocycles. The smallest absolute Gasteiger partial charge is 0.337 e. The van der Waals surface area contributed by atoms with Crippen LogP contribution in [-0.4, -0.2) is 32.3 Å². The minimum absolute atomic E-state index is 0.102. The van der Waals surface area contributed by atoms with Crippen molar-refractivity contribution < 1.29 is 19.8 Å². The number of benzene rings is 2. The summed E-state index contributed by atoms with van der Waals surface area (Å²) >= 11 is 0. The molecular weight excluding hydrogens is 348 g/mol. The lowest BCUT2D eigenvalue weighted by Crippen LogP contribution is -2.07. The van der Waals surface area contributed by atoms with Crippen LogP contribution in [0.5, 0.6) is 0 Å². The van der Waals surface area contributed by atoms with Gasteiger partial charge >= 0.3 is 11.9 Å². The van der Waals surface area contributed by atoms with E-state index in [1.54, 1.807) is 49.4 Å². The van der Waals surface area contributed by atoms with Gasteiger partial charge in [-0.15, -0.1) is 5.10 Å². The largest absolute Gasteiger partial charge is 0.478 e. The van der Waals surface area contributed by atoms with Crippen molar-refractivity contribution >= 4 is 34.8 Å². The van der Waals surface area contributed by atoms with Gasteiger partial charge in [0.25, 0.3) is 0 Å². The van der Waals surface area contributed by atoms with Gasteiger partial charge in [-0.1, -0.05) is 24.3 Å². The van der Waals surface area contributed by atoms with Gasteiger partial charge in [-0.25, -0.2) is 9.59 Å². The van der Waals surface area contributed by atoms with E-state index in [-0.39, 0.29) is 11.1 Å². The quantitative estimate of drug-likeness (QED) is 0.522. The molecule has 0 aliphatic rings. The number of hydrogen-bond acceptors (Lipinski definition) is 6. The molecule has 0 aliphatic carbocycles. The lowest BCUT2D eigenvalue weighted by Gasteiger charge is -2.13. The third kappa shape index (κ3) is 4.01. The predicted molar refractivity (Wildman–Crippen MR) is 100 cm³/mol. The number of aromatic nitrogens is 2. The summed E-state index contributed by atoms with van der Waals surface area (Å²) < 4.78 is 0. The average molecular weight is 364 g/mol. The normalized spacial score (nSPS) is 10.3. The van der Waals surface area contributed by atoms with E-state index in [2.05, 4.69) is 20.8 Å². The van der Waals surface area contributed by atoms with E-state index in [4.69, 9.17) is 0 Å². The Balaban J connectivity index is 1.92. The second-order valence-corrected chi connectivity index (χ2v) is 5.68. The van der Waals surface area contributed by atoms with Gasteiger partial charge in [0.15, 0.2) is 5.82 Å². The molecule has 1 heterocycles. The first-order valence-corrected chi connectivity index (χ1v) is 7.98. The highest BCUT2D eigenvalue weighted by molar-refractivity contribution is 5.96. The number of aromatic carboxylic acids is 2. The summed E-state index contributed by atoms with van der Waals surface area (Å²) in [7, 11) is 0. The molecule has 8 nitrogen and oxygen atoms in total. The lowest BCUT2D eigenvalue weighted by atomic mass is 10.1. The van der Waals surface area contributed by atoms with E-state index in [9.17, 15) is 19.8 Å². The van der Waals surface area contributed by atoms with Gasteiger partial charge < -0.3 is 20.8 Å².